The predicted octanol–water partition coefficient (Wildman–Crippen LogP) is 3.65. The van der Waals surface area contributed by atoms with Crippen LogP contribution in [0.1, 0.15) is 0 Å². The first-order valence-corrected chi connectivity index (χ1v) is 9.24. The van der Waals surface area contributed by atoms with Crippen LogP contribution in [0.2, 0.25) is 0 Å². The second-order valence-corrected chi connectivity index (χ2v) is 8.52. The van der Waals surface area contributed by atoms with Crippen molar-refractivity contribution in [2.75, 3.05) is 0 Å². The molecule has 0 unspecified atom stereocenters. The first kappa shape index (κ1) is 14.5. The maximum atomic E-state index is 11.6. The van der Waals surface area contributed by atoms with Crippen molar-refractivity contribution in [2.24, 2.45) is 0 Å². The molecule has 0 spiro atoms. The van der Waals surface area contributed by atoms with E-state index in [-0.39, 0.29) is 0 Å². The maximum absolute atomic E-state index is 11.6. The third-order valence-corrected chi connectivity index (χ3v) is 7.13. The van der Waals surface area contributed by atoms with E-state index in [1.807, 2.05) is 84.9 Å². The molecule has 0 bridgehead atoms. The van der Waals surface area contributed by atoms with Crippen LogP contribution in [0.25, 0.3) is 0 Å². The van der Waals surface area contributed by atoms with Gasteiger partial charge in [0.1, 0.15) is 15.9 Å². The topological polar surface area (TPSA) is 20.2 Å². The van der Waals surface area contributed by atoms with Gasteiger partial charge in [0.25, 0.3) is 0 Å². The molecular formula is C18H15BrOP+. The normalized spacial score (nSPS) is 11.3. The standard InChI is InChI=1S/C18H15BrOP/c19-15-11-13-18(14-12-15)21(20,16-7-3-1-4-8-16)17-9-5-2-6-10-17/h1-14,20H/q+1. The van der Waals surface area contributed by atoms with Crippen LogP contribution in [0.5, 0.6) is 0 Å². The monoisotopic (exact) mass is 357 g/mol. The molecule has 104 valence electrons. The van der Waals surface area contributed by atoms with Gasteiger partial charge in [-0.15, -0.1) is 0 Å². The number of hydrogen-bond donors (Lipinski definition) is 1. The van der Waals surface area contributed by atoms with Crippen LogP contribution in [-0.4, -0.2) is 4.89 Å². The highest BCUT2D eigenvalue weighted by Gasteiger charge is 2.43. The first-order chi connectivity index (χ1) is 10.2. The van der Waals surface area contributed by atoms with E-state index >= 15 is 0 Å². The number of halogens is 1. The lowest BCUT2D eigenvalue weighted by atomic mass is 10.4. The van der Waals surface area contributed by atoms with Gasteiger partial charge in [0.2, 0.25) is 7.49 Å². The molecule has 0 saturated carbocycles. The van der Waals surface area contributed by atoms with Gasteiger partial charge in [0.15, 0.2) is 0 Å². The molecule has 0 heterocycles. The van der Waals surface area contributed by atoms with Crippen molar-refractivity contribution in [3.8, 4) is 0 Å². The van der Waals surface area contributed by atoms with Crippen molar-refractivity contribution in [1.29, 1.82) is 0 Å². The molecule has 1 nitrogen and oxygen atoms in total. The zero-order valence-electron chi connectivity index (χ0n) is 11.4. The van der Waals surface area contributed by atoms with E-state index in [1.165, 1.54) is 0 Å². The maximum Gasteiger partial charge on any atom is 0.238 e. The molecule has 0 aliphatic rings. The Hall–Kier alpha value is -1.47. The number of benzene rings is 3. The summed E-state index contributed by atoms with van der Waals surface area (Å²) in [4.78, 5) is 11.6. The zero-order chi connectivity index (χ0) is 14.7. The highest BCUT2D eigenvalue weighted by molar-refractivity contribution is 9.10. The summed E-state index contributed by atoms with van der Waals surface area (Å²) >= 11 is 3.46. The molecule has 3 rings (SSSR count). The lowest BCUT2D eigenvalue weighted by Gasteiger charge is -2.20. The van der Waals surface area contributed by atoms with Gasteiger partial charge in [-0.1, -0.05) is 52.3 Å². The molecule has 1 N–H and O–H groups in total. The average Bonchev–Trinajstić information content (AvgIpc) is 2.56. The minimum atomic E-state index is -2.57. The fourth-order valence-electron chi connectivity index (χ4n) is 2.39. The molecule has 0 atom stereocenters. The van der Waals surface area contributed by atoms with Crippen LogP contribution >= 0.6 is 23.4 Å². The molecule has 21 heavy (non-hydrogen) atoms. The Morgan fingerprint density at radius 1 is 0.571 bits per heavy atom. The van der Waals surface area contributed by atoms with Gasteiger partial charge in [-0.05, 0) is 48.5 Å². The van der Waals surface area contributed by atoms with Crippen LogP contribution in [0.3, 0.4) is 0 Å². The summed E-state index contributed by atoms with van der Waals surface area (Å²) in [7, 11) is -2.57. The van der Waals surface area contributed by atoms with Crippen molar-refractivity contribution in [1.82, 2.24) is 0 Å². The van der Waals surface area contributed by atoms with Crippen molar-refractivity contribution >= 4 is 39.3 Å². The fraction of sp³-hybridized carbons (Fsp3) is 0. The van der Waals surface area contributed by atoms with Gasteiger partial charge in [0.05, 0.1) is 0 Å². The Kier molecular flexibility index (Phi) is 4.21. The summed E-state index contributed by atoms with van der Waals surface area (Å²) in [5.74, 6) is 0. The molecule has 0 fully saturated rings. The lowest BCUT2D eigenvalue weighted by molar-refractivity contribution is 0.633. The lowest BCUT2D eigenvalue weighted by Crippen LogP contribution is -2.30. The zero-order valence-corrected chi connectivity index (χ0v) is 13.8. The summed E-state index contributed by atoms with van der Waals surface area (Å²) in [5.41, 5.74) is 0. The van der Waals surface area contributed by atoms with Gasteiger partial charge in [-0.2, -0.15) is 0 Å². The minimum Gasteiger partial charge on any atom is -0.235 e. The predicted molar refractivity (Wildman–Crippen MR) is 95.1 cm³/mol. The van der Waals surface area contributed by atoms with E-state index in [2.05, 4.69) is 15.9 Å². The van der Waals surface area contributed by atoms with Crippen LogP contribution in [0.4, 0.5) is 0 Å². The van der Waals surface area contributed by atoms with E-state index < -0.39 is 7.49 Å². The summed E-state index contributed by atoms with van der Waals surface area (Å²) in [6.45, 7) is 0. The summed E-state index contributed by atoms with van der Waals surface area (Å²) < 4.78 is 1.01. The van der Waals surface area contributed by atoms with Crippen LogP contribution in [0.15, 0.2) is 89.4 Å². The number of hydrogen-bond acceptors (Lipinski definition) is 1. The van der Waals surface area contributed by atoms with E-state index in [4.69, 9.17) is 0 Å². The second kappa shape index (κ2) is 6.11. The van der Waals surface area contributed by atoms with Crippen LogP contribution in [0, 0.1) is 0 Å². The van der Waals surface area contributed by atoms with E-state index in [0.29, 0.717) is 0 Å². The SMILES string of the molecule is O[P+](c1ccccc1)(c1ccccc1)c1ccc(Br)cc1. The quantitative estimate of drug-likeness (QED) is 0.709. The highest BCUT2D eigenvalue weighted by atomic mass is 79.9. The van der Waals surface area contributed by atoms with Crippen molar-refractivity contribution < 1.29 is 4.89 Å². The summed E-state index contributed by atoms with van der Waals surface area (Å²) in [6, 6.07) is 27.8. The molecule has 0 aromatic heterocycles. The van der Waals surface area contributed by atoms with E-state index in [1.54, 1.807) is 0 Å². The summed E-state index contributed by atoms with van der Waals surface area (Å²) in [5, 5.41) is 2.90. The molecule has 0 aliphatic carbocycles. The number of rotatable bonds is 3. The van der Waals surface area contributed by atoms with Crippen LogP contribution in [-0.2, 0) is 0 Å². The second-order valence-electron chi connectivity index (χ2n) is 4.78. The third kappa shape index (κ3) is 2.80. The Balaban J connectivity index is 2.23. The van der Waals surface area contributed by atoms with Crippen molar-refractivity contribution in [3.05, 3.63) is 89.4 Å². The Labute approximate surface area is 133 Å². The molecule has 3 heteroatoms. The largest absolute Gasteiger partial charge is 0.238 e. The van der Waals surface area contributed by atoms with Gasteiger partial charge >= 0.3 is 0 Å². The molecule has 0 radical (unpaired) electrons. The van der Waals surface area contributed by atoms with E-state index in [0.717, 1.165) is 20.4 Å². The Morgan fingerprint density at radius 2 is 0.952 bits per heavy atom. The van der Waals surface area contributed by atoms with Crippen molar-refractivity contribution in [3.63, 3.8) is 0 Å². The highest BCUT2D eigenvalue weighted by Crippen LogP contribution is 2.50. The van der Waals surface area contributed by atoms with Crippen LogP contribution < -0.4 is 15.9 Å². The fourth-order valence-corrected chi connectivity index (χ4v) is 5.34. The molecule has 3 aromatic carbocycles. The van der Waals surface area contributed by atoms with Gasteiger partial charge in [0, 0.05) is 4.47 Å². The smallest absolute Gasteiger partial charge is 0.235 e. The van der Waals surface area contributed by atoms with Crippen molar-refractivity contribution in [2.45, 2.75) is 0 Å². The molecule has 0 saturated heterocycles. The Morgan fingerprint density at radius 3 is 1.38 bits per heavy atom. The molecule has 3 aromatic rings. The average molecular weight is 358 g/mol. The molecule has 0 amide bonds. The van der Waals surface area contributed by atoms with Gasteiger partial charge in [-0.25, -0.2) is 4.89 Å². The molecule has 0 aliphatic heterocycles. The molecular weight excluding hydrogens is 343 g/mol. The first-order valence-electron chi connectivity index (χ1n) is 6.70. The van der Waals surface area contributed by atoms with E-state index in [9.17, 15) is 4.89 Å². The van der Waals surface area contributed by atoms with Gasteiger partial charge < -0.3 is 0 Å². The third-order valence-electron chi connectivity index (χ3n) is 3.46. The van der Waals surface area contributed by atoms with Gasteiger partial charge in [-0.3, -0.25) is 0 Å². The Bertz CT molecular complexity index is 672. The summed E-state index contributed by atoms with van der Waals surface area (Å²) in [6.07, 6.45) is 0. The minimum absolute atomic E-state index is 0.961.